The molecule has 36 heavy (non-hydrogen) atoms. The number of piperidine rings is 1. The van der Waals surface area contributed by atoms with Crippen molar-refractivity contribution in [2.45, 2.75) is 56.5 Å². The molecule has 0 unspecified atom stereocenters. The van der Waals surface area contributed by atoms with E-state index >= 15 is 0 Å². The second-order valence-electron chi connectivity index (χ2n) is 10.0. The van der Waals surface area contributed by atoms with E-state index in [1.54, 1.807) is 0 Å². The topological polar surface area (TPSA) is 78.7 Å². The van der Waals surface area contributed by atoms with Gasteiger partial charge in [-0.3, -0.25) is 14.5 Å². The molecule has 1 saturated carbocycles. The Labute approximate surface area is 205 Å². The summed E-state index contributed by atoms with van der Waals surface area (Å²) in [6, 6.07) is 3.99. The van der Waals surface area contributed by atoms with Gasteiger partial charge in [-0.1, -0.05) is 24.4 Å². The van der Waals surface area contributed by atoms with Crippen LogP contribution in [-0.4, -0.2) is 71.0 Å². The van der Waals surface area contributed by atoms with Gasteiger partial charge in [0.05, 0.1) is 24.6 Å². The zero-order valence-electron chi connectivity index (χ0n) is 19.7. The number of halogens is 4. The van der Waals surface area contributed by atoms with Gasteiger partial charge in [-0.25, -0.2) is 17.6 Å². The standard InChI is InChI=1S/C25H28F4N4O3/c26-15-6-7-17(19(27)10-15)22-11-21(31-36-22)23(34)30-20-8-9-32(16-4-2-1-3-5-16)12-18(20)24(35)33-13-25(28,29)14-33/h6-7,10-11,16,18,20H,1-5,8-9,12-14H2,(H,30,34)/t18-,20-/m1/s1. The van der Waals surface area contributed by atoms with E-state index < -0.39 is 48.5 Å². The van der Waals surface area contributed by atoms with Crippen molar-refractivity contribution >= 4 is 11.8 Å². The number of alkyl halides is 2. The van der Waals surface area contributed by atoms with E-state index in [2.05, 4.69) is 15.4 Å². The third-order valence-electron chi connectivity index (χ3n) is 7.46. The Bertz CT molecular complexity index is 1130. The number of likely N-dealkylation sites (tertiary alicyclic amines) is 2. The zero-order valence-corrected chi connectivity index (χ0v) is 19.7. The predicted octanol–water partition coefficient (Wildman–Crippen LogP) is 3.85. The second kappa shape index (κ2) is 9.84. The average molecular weight is 509 g/mol. The molecule has 1 aliphatic carbocycles. The van der Waals surface area contributed by atoms with Crippen molar-refractivity contribution in [2.24, 2.45) is 5.92 Å². The van der Waals surface area contributed by atoms with Crippen molar-refractivity contribution in [2.75, 3.05) is 26.2 Å². The Hall–Kier alpha value is -2.95. The van der Waals surface area contributed by atoms with E-state index in [0.29, 0.717) is 31.6 Å². The Morgan fingerprint density at radius 3 is 2.50 bits per heavy atom. The molecule has 2 amide bonds. The fourth-order valence-corrected chi connectivity index (χ4v) is 5.52. The second-order valence-corrected chi connectivity index (χ2v) is 10.0. The molecule has 3 fully saturated rings. The Kier molecular flexibility index (Phi) is 6.76. The summed E-state index contributed by atoms with van der Waals surface area (Å²) in [5.74, 6) is -6.19. The maximum atomic E-state index is 14.1. The summed E-state index contributed by atoms with van der Waals surface area (Å²) in [5, 5.41) is 6.53. The van der Waals surface area contributed by atoms with Gasteiger partial charge in [-0.2, -0.15) is 0 Å². The van der Waals surface area contributed by atoms with Crippen molar-refractivity contribution in [1.82, 2.24) is 20.3 Å². The number of nitrogens with one attached hydrogen (secondary N) is 1. The number of amides is 2. The maximum Gasteiger partial charge on any atom is 0.282 e. The van der Waals surface area contributed by atoms with Crippen molar-refractivity contribution in [3.8, 4) is 11.3 Å². The lowest BCUT2D eigenvalue weighted by Gasteiger charge is -2.46. The number of rotatable bonds is 5. The summed E-state index contributed by atoms with van der Waals surface area (Å²) in [4.78, 5) is 29.6. The quantitative estimate of drug-likeness (QED) is 0.621. The van der Waals surface area contributed by atoms with E-state index in [4.69, 9.17) is 4.52 Å². The minimum Gasteiger partial charge on any atom is -0.355 e. The van der Waals surface area contributed by atoms with Crippen LogP contribution in [0, 0.1) is 17.6 Å². The van der Waals surface area contributed by atoms with E-state index in [-0.39, 0.29) is 22.9 Å². The molecule has 3 heterocycles. The lowest BCUT2D eigenvalue weighted by Crippen LogP contribution is -2.64. The SMILES string of the molecule is O=C(N[C@@H]1CCN(C2CCCCC2)C[C@H]1C(=O)N1CC(F)(F)C1)c1cc(-c2ccc(F)cc2F)on1. The summed E-state index contributed by atoms with van der Waals surface area (Å²) >= 11 is 0. The van der Waals surface area contributed by atoms with E-state index in [1.807, 2.05) is 0 Å². The molecular weight excluding hydrogens is 480 g/mol. The van der Waals surface area contributed by atoms with Crippen molar-refractivity contribution in [3.63, 3.8) is 0 Å². The summed E-state index contributed by atoms with van der Waals surface area (Å²) in [6.07, 6.45) is 6.02. The summed E-state index contributed by atoms with van der Waals surface area (Å²) in [6.45, 7) is -0.146. The molecule has 1 aromatic carbocycles. The zero-order chi connectivity index (χ0) is 25.4. The van der Waals surface area contributed by atoms with Crippen molar-refractivity contribution < 1.29 is 31.7 Å². The summed E-state index contributed by atoms with van der Waals surface area (Å²) in [5.41, 5.74) is -0.166. The third-order valence-corrected chi connectivity index (χ3v) is 7.46. The molecule has 3 aliphatic rings. The molecule has 7 nitrogen and oxygen atoms in total. The molecule has 1 N–H and O–H groups in total. The van der Waals surface area contributed by atoms with Crippen LogP contribution in [0.2, 0.25) is 0 Å². The largest absolute Gasteiger partial charge is 0.355 e. The molecule has 2 atom stereocenters. The molecule has 11 heteroatoms. The minimum atomic E-state index is -2.88. The van der Waals surface area contributed by atoms with Crippen LogP contribution in [0.1, 0.15) is 49.0 Å². The number of hydrogen-bond donors (Lipinski definition) is 1. The van der Waals surface area contributed by atoms with Crippen LogP contribution in [0.25, 0.3) is 11.3 Å². The number of carbonyl (C=O) groups is 2. The number of nitrogens with zero attached hydrogens (tertiary/aromatic N) is 3. The lowest BCUT2D eigenvalue weighted by atomic mass is 9.86. The van der Waals surface area contributed by atoms with Crippen LogP contribution in [0.4, 0.5) is 17.6 Å². The molecule has 5 rings (SSSR count). The highest BCUT2D eigenvalue weighted by Gasteiger charge is 2.50. The number of aromatic nitrogens is 1. The molecule has 1 aromatic heterocycles. The molecule has 0 bridgehead atoms. The van der Waals surface area contributed by atoms with Crippen LogP contribution in [-0.2, 0) is 4.79 Å². The van der Waals surface area contributed by atoms with Gasteiger partial charge in [0, 0.05) is 37.3 Å². The molecule has 2 saturated heterocycles. The summed E-state index contributed by atoms with van der Waals surface area (Å²) in [7, 11) is 0. The van der Waals surface area contributed by atoms with E-state index in [0.717, 1.165) is 36.6 Å². The smallest absolute Gasteiger partial charge is 0.282 e. The highest BCUT2D eigenvalue weighted by molar-refractivity contribution is 5.94. The molecule has 2 aromatic rings. The first-order chi connectivity index (χ1) is 17.2. The first-order valence-electron chi connectivity index (χ1n) is 12.3. The van der Waals surface area contributed by atoms with Crippen LogP contribution in [0.5, 0.6) is 0 Å². The number of hydrogen-bond acceptors (Lipinski definition) is 5. The minimum absolute atomic E-state index is 0.0415. The molecule has 2 aliphatic heterocycles. The first-order valence-corrected chi connectivity index (χ1v) is 12.3. The van der Waals surface area contributed by atoms with E-state index in [9.17, 15) is 27.2 Å². The summed E-state index contributed by atoms with van der Waals surface area (Å²) < 4.78 is 59.3. The highest BCUT2D eigenvalue weighted by Crippen LogP contribution is 2.33. The predicted molar refractivity (Wildman–Crippen MR) is 121 cm³/mol. The van der Waals surface area contributed by atoms with Gasteiger partial charge in [0.25, 0.3) is 11.8 Å². The fourth-order valence-electron chi connectivity index (χ4n) is 5.52. The van der Waals surface area contributed by atoms with Gasteiger partial charge in [0.15, 0.2) is 11.5 Å². The van der Waals surface area contributed by atoms with Crippen molar-refractivity contribution in [1.29, 1.82) is 0 Å². The monoisotopic (exact) mass is 508 g/mol. The maximum absolute atomic E-state index is 14.1. The third kappa shape index (κ3) is 5.11. The van der Waals surface area contributed by atoms with Gasteiger partial charge in [0.1, 0.15) is 11.6 Å². The van der Waals surface area contributed by atoms with Crippen molar-refractivity contribution in [3.05, 3.63) is 41.6 Å². The Morgan fingerprint density at radius 1 is 1.06 bits per heavy atom. The molecular formula is C25H28F4N4O3. The highest BCUT2D eigenvalue weighted by atomic mass is 19.3. The number of benzene rings is 1. The molecule has 194 valence electrons. The number of carbonyl (C=O) groups excluding carboxylic acids is 2. The Morgan fingerprint density at radius 2 is 1.81 bits per heavy atom. The van der Waals surface area contributed by atoms with Crippen LogP contribution >= 0.6 is 0 Å². The van der Waals surface area contributed by atoms with Gasteiger partial charge < -0.3 is 14.7 Å². The fraction of sp³-hybridized carbons (Fsp3) is 0.560. The van der Waals surface area contributed by atoms with E-state index in [1.165, 1.54) is 18.6 Å². The van der Waals surface area contributed by atoms with Crippen LogP contribution in [0.3, 0.4) is 0 Å². The van der Waals surface area contributed by atoms with Gasteiger partial charge in [0.2, 0.25) is 5.91 Å². The molecule has 0 radical (unpaired) electrons. The lowest BCUT2D eigenvalue weighted by molar-refractivity contribution is -0.172. The normalized spacial score (nSPS) is 24.8. The van der Waals surface area contributed by atoms with Crippen LogP contribution < -0.4 is 5.32 Å². The average Bonchev–Trinajstić information content (AvgIpc) is 3.33. The first kappa shape index (κ1) is 24.7. The van der Waals surface area contributed by atoms with Gasteiger partial charge >= 0.3 is 0 Å². The van der Waals surface area contributed by atoms with Crippen LogP contribution in [0.15, 0.2) is 28.8 Å². The van der Waals surface area contributed by atoms with Gasteiger partial charge in [-0.05, 0) is 31.4 Å². The van der Waals surface area contributed by atoms with Gasteiger partial charge in [-0.15, -0.1) is 0 Å². The molecule has 0 spiro atoms. The Balaban J connectivity index is 1.30.